The molecule has 0 saturated heterocycles. The van der Waals surface area contributed by atoms with Gasteiger partial charge in [-0.05, 0) is 107 Å². The Hall–Kier alpha value is -5.36. The average molecular weight is 605 g/mol. The van der Waals surface area contributed by atoms with Gasteiger partial charge in [0.1, 0.15) is 34.8 Å². The molecule has 6 rings (SSSR count). The van der Waals surface area contributed by atoms with Gasteiger partial charge in [-0.2, -0.15) is 0 Å². The number of benzene rings is 6. The standard InChI is InChI=1S/C39H28F4O2/c1-24-19-28(7-15-34(24)26-3-9-30(40)10-4-26)36-17-13-32(21-38(36)42)44-23-45-33-14-18-37(39(43)22-33)29-8-16-35(25(2)20-29)27-5-11-31(41)12-6-27/h3-22H,23H2,1-2H3. The summed E-state index contributed by atoms with van der Waals surface area (Å²) in [6, 6.07) is 32.8. The number of aryl methyl sites for hydroxylation is 2. The van der Waals surface area contributed by atoms with Crippen molar-refractivity contribution in [2.24, 2.45) is 0 Å². The van der Waals surface area contributed by atoms with E-state index < -0.39 is 11.6 Å². The summed E-state index contributed by atoms with van der Waals surface area (Å²) >= 11 is 0. The van der Waals surface area contributed by atoms with Crippen LogP contribution in [0.5, 0.6) is 11.5 Å². The van der Waals surface area contributed by atoms with Gasteiger partial charge in [-0.1, -0.05) is 60.7 Å². The number of halogens is 4. The van der Waals surface area contributed by atoms with Crippen LogP contribution in [-0.4, -0.2) is 6.79 Å². The Labute approximate surface area is 259 Å². The zero-order chi connectivity index (χ0) is 31.5. The third-order valence-corrected chi connectivity index (χ3v) is 7.72. The molecule has 0 radical (unpaired) electrons. The molecule has 0 heterocycles. The maximum Gasteiger partial charge on any atom is 0.230 e. The highest BCUT2D eigenvalue weighted by molar-refractivity contribution is 5.75. The lowest BCUT2D eigenvalue weighted by atomic mass is 9.95. The first-order valence-corrected chi connectivity index (χ1v) is 14.3. The molecule has 6 heteroatoms. The Morgan fingerprint density at radius 1 is 0.400 bits per heavy atom. The monoisotopic (exact) mass is 604 g/mol. The largest absolute Gasteiger partial charge is 0.457 e. The van der Waals surface area contributed by atoms with E-state index in [0.717, 1.165) is 33.4 Å². The average Bonchev–Trinajstić information content (AvgIpc) is 3.02. The molecule has 0 aliphatic rings. The molecule has 0 spiro atoms. The summed E-state index contributed by atoms with van der Waals surface area (Å²) in [5, 5.41) is 0. The minimum atomic E-state index is -0.461. The van der Waals surface area contributed by atoms with Gasteiger partial charge in [0.05, 0.1) is 0 Å². The highest BCUT2D eigenvalue weighted by Crippen LogP contribution is 2.33. The maximum atomic E-state index is 15.1. The van der Waals surface area contributed by atoms with Crippen molar-refractivity contribution in [1.29, 1.82) is 0 Å². The van der Waals surface area contributed by atoms with Gasteiger partial charge in [0, 0.05) is 23.3 Å². The van der Waals surface area contributed by atoms with E-state index in [1.54, 1.807) is 48.5 Å². The van der Waals surface area contributed by atoms with Crippen LogP contribution in [0.1, 0.15) is 11.1 Å². The molecule has 2 nitrogen and oxygen atoms in total. The van der Waals surface area contributed by atoms with Crippen LogP contribution < -0.4 is 9.47 Å². The molecule has 45 heavy (non-hydrogen) atoms. The lowest BCUT2D eigenvalue weighted by molar-refractivity contribution is 0.119. The van der Waals surface area contributed by atoms with Gasteiger partial charge in [0.25, 0.3) is 0 Å². The number of hydrogen-bond acceptors (Lipinski definition) is 2. The van der Waals surface area contributed by atoms with E-state index in [1.807, 2.05) is 50.2 Å². The molecule has 0 aliphatic heterocycles. The van der Waals surface area contributed by atoms with E-state index >= 15 is 8.78 Å². The van der Waals surface area contributed by atoms with Gasteiger partial charge < -0.3 is 9.47 Å². The number of hydrogen-bond donors (Lipinski definition) is 0. The summed E-state index contributed by atoms with van der Waals surface area (Å²) in [5.41, 5.74) is 7.74. The Balaban J connectivity index is 1.09. The van der Waals surface area contributed by atoms with Crippen molar-refractivity contribution in [1.82, 2.24) is 0 Å². The predicted molar refractivity (Wildman–Crippen MR) is 170 cm³/mol. The predicted octanol–water partition coefficient (Wildman–Crippen LogP) is 10.9. The molecule has 0 aromatic heterocycles. The zero-order valence-corrected chi connectivity index (χ0v) is 24.6. The third kappa shape index (κ3) is 6.60. The SMILES string of the molecule is Cc1cc(-c2ccc(OCOc3ccc(-c4ccc(-c5ccc(F)cc5)c(C)c4)c(F)c3)cc2F)ccc1-c1ccc(F)cc1. The van der Waals surface area contributed by atoms with Crippen molar-refractivity contribution in [3.8, 4) is 56.0 Å². The lowest BCUT2D eigenvalue weighted by Gasteiger charge is -2.13. The van der Waals surface area contributed by atoms with Crippen LogP contribution in [0.15, 0.2) is 121 Å². The summed E-state index contributed by atoms with van der Waals surface area (Å²) in [6.07, 6.45) is 0. The fraction of sp³-hybridized carbons (Fsp3) is 0.0769. The first-order chi connectivity index (χ1) is 21.7. The maximum absolute atomic E-state index is 15.1. The second-order valence-electron chi connectivity index (χ2n) is 10.8. The molecule has 0 fully saturated rings. The summed E-state index contributed by atoms with van der Waals surface area (Å²) in [5.74, 6) is -0.985. The van der Waals surface area contributed by atoms with Crippen molar-refractivity contribution in [3.05, 3.63) is 156 Å². The van der Waals surface area contributed by atoms with Crippen molar-refractivity contribution >= 4 is 0 Å². The highest BCUT2D eigenvalue weighted by atomic mass is 19.1. The van der Waals surface area contributed by atoms with E-state index in [1.165, 1.54) is 36.4 Å². The van der Waals surface area contributed by atoms with Crippen molar-refractivity contribution in [3.63, 3.8) is 0 Å². The molecule has 0 unspecified atom stereocenters. The first kappa shape index (κ1) is 29.7. The highest BCUT2D eigenvalue weighted by Gasteiger charge is 2.12. The number of ether oxygens (including phenoxy) is 2. The topological polar surface area (TPSA) is 18.5 Å². The molecule has 6 aromatic carbocycles. The van der Waals surface area contributed by atoms with Crippen LogP contribution >= 0.6 is 0 Å². The summed E-state index contributed by atoms with van der Waals surface area (Å²) in [7, 11) is 0. The Kier molecular flexibility index (Phi) is 8.39. The third-order valence-electron chi connectivity index (χ3n) is 7.72. The van der Waals surface area contributed by atoms with Crippen LogP contribution in [0.3, 0.4) is 0 Å². The van der Waals surface area contributed by atoms with Gasteiger partial charge >= 0.3 is 0 Å². The van der Waals surface area contributed by atoms with Gasteiger partial charge in [-0.3, -0.25) is 0 Å². The minimum absolute atomic E-state index is 0.242. The molecule has 0 atom stereocenters. The van der Waals surface area contributed by atoms with Gasteiger partial charge in [-0.15, -0.1) is 0 Å². The summed E-state index contributed by atoms with van der Waals surface area (Å²) in [6.45, 7) is 3.61. The molecular formula is C39H28F4O2. The van der Waals surface area contributed by atoms with Gasteiger partial charge in [-0.25, -0.2) is 17.6 Å². The normalized spacial score (nSPS) is 11.0. The van der Waals surface area contributed by atoms with E-state index in [9.17, 15) is 8.78 Å². The second kappa shape index (κ2) is 12.7. The Morgan fingerprint density at radius 3 is 1.11 bits per heavy atom. The van der Waals surface area contributed by atoms with E-state index in [4.69, 9.17) is 9.47 Å². The fourth-order valence-electron chi connectivity index (χ4n) is 5.37. The molecule has 6 aromatic rings. The van der Waals surface area contributed by atoms with Gasteiger partial charge in [0.15, 0.2) is 0 Å². The molecule has 0 aliphatic carbocycles. The van der Waals surface area contributed by atoms with E-state index in [0.29, 0.717) is 22.3 Å². The molecule has 224 valence electrons. The molecule has 0 saturated carbocycles. The Morgan fingerprint density at radius 2 is 0.756 bits per heavy atom. The van der Waals surface area contributed by atoms with Crippen LogP contribution in [-0.2, 0) is 0 Å². The molecule has 0 amide bonds. The zero-order valence-electron chi connectivity index (χ0n) is 24.6. The Bertz CT molecular complexity index is 1840. The van der Waals surface area contributed by atoms with Crippen molar-refractivity contribution in [2.45, 2.75) is 13.8 Å². The second-order valence-corrected chi connectivity index (χ2v) is 10.8. The van der Waals surface area contributed by atoms with Crippen molar-refractivity contribution < 1.29 is 27.0 Å². The smallest absolute Gasteiger partial charge is 0.230 e. The molecule has 0 bridgehead atoms. The molecular weight excluding hydrogens is 576 g/mol. The van der Waals surface area contributed by atoms with Crippen LogP contribution in [0.2, 0.25) is 0 Å². The van der Waals surface area contributed by atoms with E-state index in [2.05, 4.69) is 0 Å². The van der Waals surface area contributed by atoms with Crippen molar-refractivity contribution in [2.75, 3.05) is 6.79 Å². The summed E-state index contributed by atoms with van der Waals surface area (Å²) in [4.78, 5) is 0. The van der Waals surface area contributed by atoms with Crippen LogP contribution in [0, 0.1) is 37.1 Å². The van der Waals surface area contributed by atoms with Crippen LogP contribution in [0.25, 0.3) is 44.5 Å². The number of rotatable bonds is 8. The molecule has 0 N–H and O–H groups in total. The van der Waals surface area contributed by atoms with E-state index in [-0.39, 0.29) is 29.9 Å². The minimum Gasteiger partial charge on any atom is -0.457 e. The first-order valence-electron chi connectivity index (χ1n) is 14.3. The lowest BCUT2D eigenvalue weighted by Crippen LogP contribution is -2.06. The van der Waals surface area contributed by atoms with Crippen LogP contribution in [0.4, 0.5) is 17.6 Å². The van der Waals surface area contributed by atoms with Gasteiger partial charge in [0.2, 0.25) is 6.79 Å². The quantitative estimate of drug-likeness (QED) is 0.127. The summed E-state index contributed by atoms with van der Waals surface area (Å²) < 4.78 is 68.0. The fourth-order valence-corrected chi connectivity index (χ4v) is 5.37.